The van der Waals surface area contributed by atoms with Gasteiger partial charge in [-0.3, -0.25) is 9.59 Å². The zero-order chi connectivity index (χ0) is 10.7. The number of nitrogens with zero attached hydrogens (tertiary/aromatic N) is 1. The molecule has 2 aliphatic rings. The van der Waals surface area contributed by atoms with Gasteiger partial charge in [0.1, 0.15) is 0 Å². The van der Waals surface area contributed by atoms with Crippen molar-refractivity contribution in [2.24, 2.45) is 0 Å². The lowest BCUT2D eigenvalue weighted by Crippen LogP contribution is -2.52. The van der Waals surface area contributed by atoms with E-state index in [9.17, 15) is 9.59 Å². The molecule has 2 amide bonds. The maximum Gasteiger partial charge on any atom is 0.242 e. The number of hydrogen-bond donors (Lipinski definition) is 1. The van der Waals surface area contributed by atoms with Crippen LogP contribution >= 0.6 is 0 Å². The van der Waals surface area contributed by atoms with Crippen molar-refractivity contribution in [1.82, 2.24) is 10.2 Å². The third-order valence-electron chi connectivity index (χ3n) is 2.87. The number of hydrogen-bond acceptors (Lipinski definition) is 3. The number of carbonyl (C=O) groups is 2. The number of nitrogens with one attached hydrogen (secondary N) is 1. The fraction of sp³-hybridized carbons (Fsp3) is 0.800. The van der Waals surface area contributed by atoms with Gasteiger partial charge in [0.2, 0.25) is 11.8 Å². The highest BCUT2D eigenvalue weighted by Gasteiger charge is 2.24. The summed E-state index contributed by atoms with van der Waals surface area (Å²) in [6.07, 6.45) is 3.31. The number of piperazine rings is 1. The molecule has 5 nitrogen and oxygen atoms in total. The molecular formula is C10H16N2O3. The molecule has 5 heteroatoms. The molecular weight excluding hydrogens is 196 g/mol. The second kappa shape index (κ2) is 4.61. The van der Waals surface area contributed by atoms with E-state index in [1.807, 2.05) is 0 Å². The Morgan fingerprint density at radius 3 is 3.07 bits per heavy atom. The first-order valence-corrected chi connectivity index (χ1v) is 5.42. The fourth-order valence-electron chi connectivity index (χ4n) is 1.98. The number of ether oxygens (including phenoxy) is 1. The average molecular weight is 212 g/mol. The van der Waals surface area contributed by atoms with Gasteiger partial charge in [0.25, 0.3) is 0 Å². The lowest BCUT2D eigenvalue weighted by molar-refractivity contribution is -0.140. The molecule has 84 valence electrons. The van der Waals surface area contributed by atoms with Gasteiger partial charge in [-0.1, -0.05) is 0 Å². The van der Waals surface area contributed by atoms with Crippen LogP contribution in [0.25, 0.3) is 0 Å². The van der Waals surface area contributed by atoms with E-state index in [1.54, 1.807) is 4.90 Å². The zero-order valence-electron chi connectivity index (χ0n) is 8.70. The molecule has 0 aromatic heterocycles. The third kappa shape index (κ3) is 2.68. The van der Waals surface area contributed by atoms with Gasteiger partial charge in [-0.15, -0.1) is 0 Å². The molecule has 0 radical (unpaired) electrons. The molecule has 0 bridgehead atoms. The molecule has 2 aliphatic heterocycles. The van der Waals surface area contributed by atoms with Crippen LogP contribution in [0.5, 0.6) is 0 Å². The van der Waals surface area contributed by atoms with Crippen molar-refractivity contribution in [3.8, 4) is 0 Å². The maximum atomic E-state index is 11.4. The lowest BCUT2D eigenvalue weighted by Gasteiger charge is -2.27. The molecule has 2 rings (SSSR count). The number of rotatable bonds is 3. The minimum absolute atomic E-state index is 0.00703. The minimum atomic E-state index is -0.0676. The molecule has 2 fully saturated rings. The quantitative estimate of drug-likeness (QED) is 0.687. The van der Waals surface area contributed by atoms with E-state index in [1.165, 1.54) is 0 Å². The Hall–Kier alpha value is -1.10. The second-order valence-corrected chi connectivity index (χ2v) is 4.02. The van der Waals surface area contributed by atoms with E-state index in [-0.39, 0.29) is 31.0 Å². The van der Waals surface area contributed by atoms with Crippen LogP contribution in [-0.4, -0.2) is 49.1 Å². The molecule has 0 saturated carbocycles. The standard InChI is InChI=1S/C10H16N2O3/c13-9-7-12(10(14)6-11-9)4-3-8-2-1-5-15-8/h8H,1-7H2,(H,11,13). The summed E-state index contributed by atoms with van der Waals surface area (Å²) in [5, 5.41) is 2.53. The first-order chi connectivity index (χ1) is 7.25. The summed E-state index contributed by atoms with van der Waals surface area (Å²) in [6.45, 7) is 1.81. The summed E-state index contributed by atoms with van der Waals surface area (Å²) in [5.41, 5.74) is 0. The summed E-state index contributed by atoms with van der Waals surface area (Å²) >= 11 is 0. The van der Waals surface area contributed by atoms with Crippen LogP contribution in [0.2, 0.25) is 0 Å². The Balaban J connectivity index is 1.76. The van der Waals surface area contributed by atoms with Gasteiger partial charge < -0.3 is 15.0 Å². The monoisotopic (exact) mass is 212 g/mol. The highest BCUT2D eigenvalue weighted by atomic mass is 16.5. The normalized spacial score (nSPS) is 26.9. The molecule has 2 heterocycles. The molecule has 2 saturated heterocycles. The number of amides is 2. The molecule has 1 N–H and O–H groups in total. The van der Waals surface area contributed by atoms with Gasteiger partial charge in [-0.2, -0.15) is 0 Å². The van der Waals surface area contributed by atoms with Crippen LogP contribution in [-0.2, 0) is 14.3 Å². The smallest absolute Gasteiger partial charge is 0.242 e. The first-order valence-electron chi connectivity index (χ1n) is 5.42. The van der Waals surface area contributed by atoms with Crippen LogP contribution in [0.15, 0.2) is 0 Å². The van der Waals surface area contributed by atoms with Crippen molar-refractivity contribution in [3.63, 3.8) is 0 Å². The highest BCUT2D eigenvalue weighted by molar-refractivity contribution is 5.92. The summed E-state index contributed by atoms with van der Waals surface area (Å²) in [4.78, 5) is 24.1. The third-order valence-corrected chi connectivity index (χ3v) is 2.87. The predicted molar refractivity (Wildman–Crippen MR) is 53.2 cm³/mol. The van der Waals surface area contributed by atoms with E-state index in [0.29, 0.717) is 6.54 Å². The molecule has 0 aromatic carbocycles. The van der Waals surface area contributed by atoms with Crippen molar-refractivity contribution in [3.05, 3.63) is 0 Å². The van der Waals surface area contributed by atoms with Crippen molar-refractivity contribution >= 4 is 11.8 Å². The maximum absolute atomic E-state index is 11.4. The van der Waals surface area contributed by atoms with E-state index in [2.05, 4.69) is 5.32 Å². The summed E-state index contributed by atoms with van der Waals surface area (Å²) < 4.78 is 5.47. The molecule has 0 aliphatic carbocycles. The zero-order valence-corrected chi connectivity index (χ0v) is 8.70. The molecule has 1 unspecified atom stereocenters. The van der Waals surface area contributed by atoms with E-state index >= 15 is 0 Å². The molecule has 0 aromatic rings. The van der Waals surface area contributed by atoms with Crippen molar-refractivity contribution in [1.29, 1.82) is 0 Å². The van der Waals surface area contributed by atoms with Crippen LogP contribution in [0, 0.1) is 0 Å². The van der Waals surface area contributed by atoms with Gasteiger partial charge in [0, 0.05) is 13.2 Å². The van der Waals surface area contributed by atoms with E-state index in [0.717, 1.165) is 25.9 Å². The Morgan fingerprint density at radius 2 is 2.33 bits per heavy atom. The van der Waals surface area contributed by atoms with Crippen LogP contribution in [0.4, 0.5) is 0 Å². The topological polar surface area (TPSA) is 58.6 Å². The van der Waals surface area contributed by atoms with Gasteiger partial charge in [-0.25, -0.2) is 0 Å². The Bertz CT molecular complexity index is 261. The van der Waals surface area contributed by atoms with Gasteiger partial charge in [0.15, 0.2) is 0 Å². The van der Waals surface area contributed by atoms with Crippen molar-refractivity contribution < 1.29 is 14.3 Å². The van der Waals surface area contributed by atoms with Crippen molar-refractivity contribution in [2.75, 3.05) is 26.2 Å². The van der Waals surface area contributed by atoms with E-state index < -0.39 is 0 Å². The van der Waals surface area contributed by atoms with Gasteiger partial charge >= 0.3 is 0 Å². The summed E-state index contributed by atoms with van der Waals surface area (Å²) in [7, 11) is 0. The average Bonchev–Trinajstić information content (AvgIpc) is 2.72. The van der Waals surface area contributed by atoms with Gasteiger partial charge in [0.05, 0.1) is 19.2 Å². The highest BCUT2D eigenvalue weighted by Crippen LogP contribution is 2.15. The summed E-state index contributed by atoms with van der Waals surface area (Å²) in [6, 6.07) is 0. The number of carbonyl (C=O) groups excluding carboxylic acids is 2. The minimum Gasteiger partial charge on any atom is -0.378 e. The van der Waals surface area contributed by atoms with Crippen LogP contribution in [0.1, 0.15) is 19.3 Å². The van der Waals surface area contributed by atoms with Gasteiger partial charge in [-0.05, 0) is 19.3 Å². The first kappa shape index (κ1) is 10.4. The van der Waals surface area contributed by atoms with Crippen LogP contribution < -0.4 is 5.32 Å². The van der Waals surface area contributed by atoms with Crippen LogP contribution in [0.3, 0.4) is 0 Å². The Labute approximate surface area is 88.8 Å². The SMILES string of the molecule is O=C1CN(CCC2CCCO2)C(=O)CN1. The second-order valence-electron chi connectivity index (χ2n) is 4.02. The molecule has 0 spiro atoms. The Morgan fingerprint density at radius 1 is 1.47 bits per heavy atom. The largest absolute Gasteiger partial charge is 0.378 e. The fourth-order valence-corrected chi connectivity index (χ4v) is 1.98. The van der Waals surface area contributed by atoms with Crippen molar-refractivity contribution in [2.45, 2.75) is 25.4 Å². The molecule has 1 atom stereocenters. The predicted octanol–water partition coefficient (Wildman–Crippen LogP) is -0.486. The summed E-state index contributed by atoms with van der Waals surface area (Å²) in [5.74, 6) is -0.0606. The molecule has 15 heavy (non-hydrogen) atoms. The lowest BCUT2D eigenvalue weighted by atomic mass is 10.1. The Kier molecular flexibility index (Phi) is 3.20. The van der Waals surface area contributed by atoms with E-state index in [4.69, 9.17) is 4.74 Å².